The van der Waals surface area contributed by atoms with Gasteiger partial charge in [-0.3, -0.25) is 9.36 Å². The quantitative estimate of drug-likeness (QED) is 0.720. The topological polar surface area (TPSA) is 96.0 Å². The van der Waals surface area contributed by atoms with Crippen molar-refractivity contribution in [3.05, 3.63) is 28.9 Å². The Balaban J connectivity index is 1.49. The van der Waals surface area contributed by atoms with E-state index < -0.39 is 0 Å². The van der Waals surface area contributed by atoms with E-state index in [1.54, 1.807) is 6.20 Å². The van der Waals surface area contributed by atoms with Crippen LogP contribution < -0.4 is 5.69 Å². The maximum atomic E-state index is 12.9. The highest BCUT2D eigenvalue weighted by Crippen LogP contribution is 2.29. The summed E-state index contributed by atoms with van der Waals surface area (Å²) in [5.74, 6) is 0.124. The molecule has 1 unspecified atom stereocenters. The summed E-state index contributed by atoms with van der Waals surface area (Å²) >= 11 is 0. The number of hydrogen-bond acceptors (Lipinski definition) is 4. The van der Waals surface area contributed by atoms with Crippen molar-refractivity contribution in [1.82, 2.24) is 24.4 Å². The number of likely N-dealkylation sites (tertiary alicyclic amines) is 1. The molecule has 0 saturated carbocycles. The molecule has 0 aliphatic carbocycles. The second kappa shape index (κ2) is 6.53. The summed E-state index contributed by atoms with van der Waals surface area (Å²) in [5.41, 5.74) is 2.22. The van der Waals surface area contributed by atoms with Crippen LogP contribution in [-0.4, -0.2) is 56.6 Å². The molecule has 5 heterocycles. The summed E-state index contributed by atoms with van der Waals surface area (Å²) in [6.07, 6.45) is 7.13. The Bertz CT molecular complexity index is 1040. The second-order valence-corrected chi connectivity index (χ2v) is 7.55. The molecule has 2 fully saturated rings. The first-order chi connectivity index (χ1) is 13.2. The number of nitrogens with one attached hydrogen (secondary N) is 2. The molecule has 2 aliphatic heterocycles. The van der Waals surface area contributed by atoms with E-state index in [-0.39, 0.29) is 23.6 Å². The Labute approximate surface area is 155 Å². The number of pyridine rings is 1. The lowest BCUT2D eigenvalue weighted by Gasteiger charge is -2.36. The van der Waals surface area contributed by atoms with E-state index in [0.29, 0.717) is 13.2 Å². The SMILES string of the molecule is O=C(C1CCCOC1)N1CCC[C@@H](n2c(=O)[nH]c3cnc4[nH]ccc4c32)C1. The maximum Gasteiger partial charge on any atom is 0.326 e. The highest BCUT2D eigenvalue weighted by Gasteiger charge is 2.32. The number of H-pyrrole nitrogens is 2. The van der Waals surface area contributed by atoms with Crippen molar-refractivity contribution in [3.8, 4) is 0 Å². The summed E-state index contributed by atoms with van der Waals surface area (Å²) in [5, 5.41) is 0.926. The maximum absolute atomic E-state index is 12.9. The van der Waals surface area contributed by atoms with E-state index in [4.69, 9.17) is 4.74 Å². The lowest BCUT2D eigenvalue weighted by Crippen LogP contribution is -2.46. The fourth-order valence-electron chi connectivity index (χ4n) is 4.53. The number of piperidine rings is 1. The number of imidazole rings is 1. The Morgan fingerprint density at radius 3 is 3.07 bits per heavy atom. The molecule has 8 heteroatoms. The summed E-state index contributed by atoms with van der Waals surface area (Å²) < 4.78 is 7.31. The number of amides is 1. The van der Waals surface area contributed by atoms with Crippen molar-refractivity contribution in [3.63, 3.8) is 0 Å². The van der Waals surface area contributed by atoms with Gasteiger partial charge in [-0.05, 0) is 31.7 Å². The van der Waals surface area contributed by atoms with Crippen LogP contribution in [0.5, 0.6) is 0 Å². The van der Waals surface area contributed by atoms with Crippen molar-refractivity contribution < 1.29 is 9.53 Å². The molecule has 2 saturated heterocycles. The molecule has 142 valence electrons. The largest absolute Gasteiger partial charge is 0.381 e. The highest BCUT2D eigenvalue weighted by molar-refractivity contribution is 6.00. The van der Waals surface area contributed by atoms with Gasteiger partial charge in [0.15, 0.2) is 0 Å². The average molecular weight is 369 g/mol. The van der Waals surface area contributed by atoms with E-state index in [1.165, 1.54) is 0 Å². The van der Waals surface area contributed by atoms with Crippen LogP contribution in [0.1, 0.15) is 31.7 Å². The van der Waals surface area contributed by atoms with Crippen molar-refractivity contribution in [2.45, 2.75) is 31.7 Å². The van der Waals surface area contributed by atoms with Crippen molar-refractivity contribution in [2.24, 2.45) is 5.92 Å². The molecule has 0 radical (unpaired) electrons. The van der Waals surface area contributed by atoms with Crippen molar-refractivity contribution in [1.29, 1.82) is 0 Å². The van der Waals surface area contributed by atoms with Crippen LogP contribution >= 0.6 is 0 Å². The first kappa shape index (κ1) is 16.6. The van der Waals surface area contributed by atoms with Crippen LogP contribution in [0.15, 0.2) is 23.3 Å². The van der Waals surface area contributed by atoms with Gasteiger partial charge in [-0.25, -0.2) is 9.78 Å². The molecule has 0 bridgehead atoms. The molecule has 2 aliphatic rings. The minimum Gasteiger partial charge on any atom is -0.381 e. The highest BCUT2D eigenvalue weighted by atomic mass is 16.5. The minimum absolute atomic E-state index is 0.0334. The molecule has 0 aromatic carbocycles. The van der Waals surface area contributed by atoms with Gasteiger partial charge >= 0.3 is 5.69 Å². The van der Waals surface area contributed by atoms with Gasteiger partial charge in [0.05, 0.1) is 35.8 Å². The predicted molar refractivity (Wildman–Crippen MR) is 101 cm³/mol. The third kappa shape index (κ3) is 2.75. The van der Waals surface area contributed by atoms with Crippen LogP contribution in [0.25, 0.3) is 22.1 Å². The first-order valence-electron chi connectivity index (χ1n) is 9.65. The Morgan fingerprint density at radius 1 is 1.30 bits per heavy atom. The standard InChI is InChI=1S/C19H23N5O3/c25-18(12-3-2-8-27-11-12)23-7-1-4-13(10-23)24-16-14-5-6-20-17(14)21-9-15(16)22-19(24)26/h5-6,9,12-13H,1-4,7-8,10-11H2,(H,20,21)(H,22,26)/t12?,13-/m1/s1. The average Bonchev–Trinajstić information content (AvgIpc) is 3.31. The smallest absolute Gasteiger partial charge is 0.326 e. The Kier molecular flexibility index (Phi) is 4.00. The van der Waals surface area contributed by atoms with Crippen LogP contribution in [0.3, 0.4) is 0 Å². The predicted octanol–water partition coefficient (Wildman–Crippen LogP) is 1.80. The summed E-state index contributed by atoms with van der Waals surface area (Å²) in [7, 11) is 0. The van der Waals surface area contributed by atoms with E-state index in [1.807, 2.05) is 21.7 Å². The number of carbonyl (C=O) groups excluding carboxylic acids is 1. The van der Waals surface area contributed by atoms with Gasteiger partial charge in [0.1, 0.15) is 5.65 Å². The van der Waals surface area contributed by atoms with Gasteiger partial charge in [-0.15, -0.1) is 0 Å². The number of ether oxygens (including phenoxy) is 1. The second-order valence-electron chi connectivity index (χ2n) is 7.55. The molecular formula is C19H23N5O3. The summed E-state index contributed by atoms with van der Waals surface area (Å²) in [6, 6.07) is 1.91. The molecule has 0 spiro atoms. The Hall–Kier alpha value is -2.61. The number of aromatic amines is 2. The van der Waals surface area contributed by atoms with Crippen LogP contribution in [0.4, 0.5) is 0 Å². The third-order valence-corrected chi connectivity index (χ3v) is 5.84. The van der Waals surface area contributed by atoms with Crippen LogP contribution in [0.2, 0.25) is 0 Å². The van der Waals surface area contributed by atoms with Gasteiger partial charge in [-0.1, -0.05) is 0 Å². The number of rotatable bonds is 2. The lowest BCUT2D eigenvalue weighted by atomic mass is 9.98. The van der Waals surface area contributed by atoms with E-state index in [2.05, 4.69) is 15.0 Å². The fourth-order valence-corrected chi connectivity index (χ4v) is 4.53. The van der Waals surface area contributed by atoms with Crippen molar-refractivity contribution >= 4 is 28.0 Å². The number of hydrogen-bond donors (Lipinski definition) is 2. The van der Waals surface area contributed by atoms with E-state index in [0.717, 1.165) is 60.9 Å². The van der Waals surface area contributed by atoms with Crippen LogP contribution in [0, 0.1) is 5.92 Å². The molecular weight excluding hydrogens is 346 g/mol. The minimum atomic E-state index is -0.138. The number of fused-ring (bicyclic) bond motifs is 3. The summed E-state index contributed by atoms with van der Waals surface area (Å²) in [4.78, 5) is 38.0. The summed E-state index contributed by atoms with van der Waals surface area (Å²) in [6.45, 7) is 2.58. The Morgan fingerprint density at radius 2 is 2.22 bits per heavy atom. The monoisotopic (exact) mass is 369 g/mol. The number of nitrogens with zero attached hydrogens (tertiary/aromatic N) is 3. The van der Waals surface area contributed by atoms with Gasteiger partial charge < -0.3 is 19.6 Å². The zero-order valence-corrected chi connectivity index (χ0v) is 15.1. The molecule has 27 heavy (non-hydrogen) atoms. The molecule has 5 rings (SSSR count). The molecule has 3 aromatic rings. The molecule has 2 N–H and O–H groups in total. The van der Waals surface area contributed by atoms with Gasteiger partial charge in [-0.2, -0.15) is 0 Å². The third-order valence-electron chi connectivity index (χ3n) is 5.84. The van der Waals surface area contributed by atoms with Gasteiger partial charge in [0.25, 0.3) is 0 Å². The molecule has 1 amide bonds. The molecule has 3 aromatic heterocycles. The normalized spacial score (nSPS) is 23.9. The zero-order chi connectivity index (χ0) is 18.4. The van der Waals surface area contributed by atoms with E-state index in [9.17, 15) is 9.59 Å². The fraction of sp³-hybridized carbons (Fsp3) is 0.526. The number of carbonyl (C=O) groups is 1. The van der Waals surface area contributed by atoms with Gasteiger partial charge in [0.2, 0.25) is 5.91 Å². The van der Waals surface area contributed by atoms with E-state index >= 15 is 0 Å². The molecule has 8 nitrogen and oxygen atoms in total. The lowest BCUT2D eigenvalue weighted by molar-refractivity contribution is -0.141. The first-order valence-corrected chi connectivity index (χ1v) is 9.65. The zero-order valence-electron chi connectivity index (χ0n) is 15.1. The number of aromatic nitrogens is 4. The van der Waals surface area contributed by atoms with Crippen LogP contribution in [-0.2, 0) is 9.53 Å². The van der Waals surface area contributed by atoms with Crippen molar-refractivity contribution in [2.75, 3.05) is 26.3 Å². The molecule has 2 atom stereocenters. The van der Waals surface area contributed by atoms with Gasteiger partial charge in [0, 0.05) is 31.3 Å².